The highest BCUT2D eigenvalue weighted by Gasteiger charge is 2.30. The summed E-state index contributed by atoms with van der Waals surface area (Å²) >= 11 is 1.50. The average Bonchev–Trinajstić information content (AvgIpc) is 3.11. The molecule has 0 radical (unpaired) electrons. The zero-order valence-corrected chi connectivity index (χ0v) is 12.3. The molecule has 3 nitrogen and oxygen atoms in total. The van der Waals surface area contributed by atoms with Crippen LogP contribution < -0.4 is 0 Å². The molecule has 1 saturated heterocycles. The second kappa shape index (κ2) is 5.95. The molecule has 2 aromatic rings. The summed E-state index contributed by atoms with van der Waals surface area (Å²) in [6.07, 6.45) is 1.59. The summed E-state index contributed by atoms with van der Waals surface area (Å²) in [6.45, 7) is 1.33. The number of aliphatic carboxylic acids is 1. The van der Waals surface area contributed by atoms with E-state index in [1.165, 1.54) is 17.4 Å². The van der Waals surface area contributed by atoms with Gasteiger partial charge >= 0.3 is 5.97 Å². The van der Waals surface area contributed by atoms with Crippen molar-refractivity contribution in [3.05, 3.63) is 47.1 Å². The van der Waals surface area contributed by atoms with E-state index in [0.29, 0.717) is 18.5 Å². The number of nitrogens with zero attached hydrogens (tertiary/aromatic N) is 1. The van der Waals surface area contributed by atoms with Crippen molar-refractivity contribution in [2.75, 3.05) is 6.54 Å². The first-order valence-corrected chi connectivity index (χ1v) is 7.82. The van der Waals surface area contributed by atoms with Gasteiger partial charge in [0.25, 0.3) is 0 Å². The molecule has 1 N–H and O–H groups in total. The normalized spacial score (nSPS) is 19.0. The van der Waals surface area contributed by atoms with Gasteiger partial charge in [-0.15, -0.1) is 11.3 Å². The molecule has 21 heavy (non-hydrogen) atoms. The molecule has 0 bridgehead atoms. The summed E-state index contributed by atoms with van der Waals surface area (Å²) in [5.41, 5.74) is 1.54. The van der Waals surface area contributed by atoms with Gasteiger partial charge in [-0.2, -0.15) is 0 Å². The number of carbonyl (C=O) groups is 1. The molecule has 2 heterocycles. The van der Waals surface area contributed by atoms with Gasteiger partial charge in [-0.1, -0.05) is 12.1 Å². The fraction of sp³-hybridized carbons (Fsp3) is 0.312. The van der Waals surface area contributed by atoms with E-state index < -0.39 is 12.0 Å². The number of carboxylic acids is 1. The van der Waals surface area contributed by atoms with Gasteiger partial charge in [0, 0.05) is 17.0 Å². The molecule has 1 fully saturated rings. The van der Waals surface area contributed by atoms with Gasteiger partial charge in [0.1, 0.15) is 11.9 Å². The predicted molar refractivity (Wildman–Crippen MR) is 80.8 cm³/mol. The van der Waals surface area contributed by atoms with Crippen molar-refractivity contribution in [1.82, 2.24) is 4.90 Å². The van der Waals surface area contributed by atoms with E-state index in [2.05, 4.69) is 0 Å². The van der Waals surface area contributed by atoms with Gasteiger partial charge in [-0.25, -0.2) is 4.39 Å². The first-order chi connectivity index (χ1) is 10.1. The summed E-state index contributed by atoms with van der Waals surface area (Å²) in [5.74, 6) is -1.01. The standard InChI is InChI=1S/C16H16FNO2S/c17-13-6-5-11(9-12(13)15-4-2-8-21-15)10-18-7-1-3-14(18)16(19)20/h2,4-6,8-9,14H,1,3,7,10H2,(H,19,20). The SMILES string of the molecule is O=C(O)C1CCCN1Cc1ccc(F)c(-c2cccs2)c1. The Morgan fingerprint density at radius 1 is 1.43 bits per heavy atom. The highest BCUT2D eigenvalue weighted by Crippen LogP contribution is 2.29. The Kier molecular flexibility index (Phi) is 4.03. The first-order valence-electron chi connectivity index (χ1n) is 6.94. The van der Waals surface area contributed by atoms with E-state index >= 15 is 0 Å². The van der Waals surface area contributed by atoms with Crippen molar-refractivity contribution in [3.63, 3.8) is 0 Å². The van der Waals surface area contributed by atoms with Crippen LogP contribution in [0.2, 0.25) is 0 Å². The molecule has 1 atom stereocenters. The Morgan fingerprint density at radius 2 is 2.29 bits per heavy atom. The van der Waals surface area contributed by atoms with Crippen LogP contribution in [0, 0.1) is 5.82 Å². The lowest BCUT2D eigenvalue weighted by Crippen LogP contribution is -2.35. The number of thiophene rings is 1. The lowest BCUT2D eigenvalue weighted by Gasteiger charge is -2.21. The van der Waals surface area contributed by atoms with E-state index in [1.54, 1.807) is 6.07 Å². The lowest BCUT2D eigenvalue weighted by molar-refractivity contribution is -0.142. The molecule has 0 amide bonds. The van der Waals surface area contributed by atoms with Crippen molar-refractivity contribution in [2.45, 2.75) is 25.4 Å². The second-order valence-electron chi connectivity index (χ2n) is 5.26. The Morgan fingerprint density at radius 3 is 3.00 bits per heavy atom. The Bertz CT molecular complexity index is 642. The minimum atomic E-state index is -0.770. The highest BCUT2D eigenvalue weighted by molar-refractivity contribution is 7.13. The third-order valence-electron chi connectivity index (χ3n) is 3.85. The maximum Gasteiger partial charge on any atom is 0.320 e. The van der Waals surface area contributed by atoms with Crippen LogP contribution in [0.1, 0.15) is 18.4 Å². The third-order valence-corrected chi connectivity index (χ3v) is 4.75. The molecule has 3 rings (SSSR count). The summed E-state index contributed by atoms with van der Waals surface area (Å²) in [4.78, 5) is 14.1. The van der Waals surface area contributed by atoms with E-state index in [0.717, 1.165) is 23.4 Å². The molecule has 1 aliphatic rings. The number of carboxylic acid groups (broad SMARTS) is 1. The van der Waals surface area contributed by atoms with Crippen LogP contribution in [0.4, 0.5) is 4.39 Å². The molecule has 1 unspecified atom stereocenters. The van der Waals surface area contributed by atoms with Crippen LogP contribution in [-0.2, 0) is 11.3 Å². The molecular weight excluding hydrogens is 289 g/mol. The van der Waals surface area contributed by atoms with E-state index in [9.17, 15) is 14.3 Å². The van der Waals surface area contributed by atoms with Gasteiger partial charge < -0.3 is 5.11 Å². The molecule has 1 aromatic carbocycles. The van der Waals surface area contributed by atoms with Crippen LogP contribution in [0.15, 0.2) is 35.7 Å². The fourth-order valence-electron chi connectivity index (χ4n) is 2.82. The Balaban J connectivity index is 1.83. The van der Waals surface area contributed by atoms with Crippen LogP contribution in [0.3, 0.4) is 0 Å². The number of benzene rings is 1. The van der Waals surface area contributed by atoms with Gasteiger partial charge in [0.05, 0.1) is 0 Å². The number of likely N-dealkylation sites (tertiary alicyclic amines) is 1. The lowest BCUT2D eigenvalue weighted by atomic mass is 10.1. The highest BCUT2D eigenvalue weighted by atomic mass is 32.1. The van der Waals surface area contributed by atoms with E-state index in [-0.39, 0.29) is 5.82 Å². The minimum Gasteiger partial charge on any atom is -0.480 e. The molecule has 1 aliphatic heterocycles. The molecule has 0 spiro atoms. The Labute approximate surface area is 126 Å². The monoisotopic (exact) mass is 305 g/mol. The summed E-state index contributed by atoms with van der Waals surface area (Å²) < 4.78 is 14.0. The van der Waals surface area contributed by atoms with Crippen molar-refractivity contribution < 1.29 is 14.3 Å². The van der Waals surface area contributed by atoms with Crippen molar-refractivity contribution in [3.8, 4) is 10.4 Å². The van der Waals surface area contributed by atoms with E-state index in [1.807, 2.05) is 28.5 Å². The van der Waals surface area contributed by atoms with Crippen molar-refractivity contribution in [2.24, 2.45) is 0 Å². The fourth-order valence-corrected chi connectivity index (χ4v) is 3.57. The van der Waals surface area contributed by atoms with Crippen LogP contribution in [-0.4, -0.2) is 28.6 Å². The second-order valence-corrected chi connectivity index (χ2v) is 6.21. The van der Waals surface area contributed by atoms with Crippen molar-refractivity contribution >= 4 is 17.3 Å². The number of hydrogen-bond acceptors (Lipinski definition) is 3. The van der Waals surface area contributed by atoms with E-state index in [4.69, 9.17) is 0 Å². The van der Waals surface area contributed by atoms with Crippen LogP contribution in [0.25, 0.3) is 10.4 Å². The number of halogens is 1. The third kappa shape index (κ3) is 2.99. The van der Waals surface area contributed by atoms with Gasteiger partial charge in [0.2, 0.25) is 0 Å². The largest absolute Gasteiger partial charge is 0.480 e. The molecule has 110 valence electrons. The first kappa shape index (κ1) is 14.2. The Hall–Kier alpha value is -1.72. The molecule has 1 aromatic heterocycles. The predicted octanol–water partition coefficient (Wildman–Crippen LogP) is 3.60. The van der Waals surface area contributed by atoms with Gasteiger partial charge in [-0.3, -0.25) is 9.69 Å². The quantitative estimate of drug-likeness (QED) is 0.938. The number of hydrogen-bond donors (Lipinski definition) is 1. The van der Waals surface area contributed by atoms with Gasteiger partial charge in [-0.05, 0) is 48.5 Å². The van der Waals surface area contributed by atoms with Crippen LogP contribution >= 0.6 is 11.3 Å². The summed E-state index contributed by atoms with van der Waals surface area (Å²) in [6, 6.07) is 8.41. The zero-order chi connectivity index (χ0) is 14.8. The topological polar surface area (TPSA) is 40.5 Å². The molecule has 0 saturated carbocycles. The maximum atomic E-state index is 14.0. The zero-order valence-electron chi connectivity index (χ0n) is 11.5. The summed E-state index contributed by atoms with van der Waals surface area (Å²) in [7, 11) is 0. The maximum absolute atomic E-state index is 14.0. The smallest absolute Gasteiger partial charge is 0.320 e. The number of rotatable bonds is 4. The molecule has 0 aliphatic carbocycles. The summed E-state index contributed by atoms with van der Waals surface area (Å²) in [5, 5.41) is 11.1. The minimum absolute atomic E-state index is 0.239. The van der Waals surface area contributed by atoms with Gasteiger partial charge in [0.15, 0.2) is 0 Å². The molecule has 5 heteroatoms. The molecular formula is C16H16FNO2S. The average molecular weight is 305 g/mol. The van der Waals surface area contributed by atoms with Crippen molar-refractivity contribution in [1.29, 1.82) is 0 Å². The van der Waals surface area contributed by atoms with Crippen LogP contribution in [0.5, 0.6) is 0 Å².